The minimum absolute atomic E-state index is 0.557. The van der Waals surface area contributed by atoms with Crippen molar-refractivity contribution in [3.05, 3.63) is 108 Å². The molecular formula is C28H24OSi. The van der Waals surface area contributed by atoms with Gasteiger partial charge in [-0.05, 0) is 50.2 Å². The fraction of sp³-hybridized carbons (Fsp3) is 0.143. The van der Waals surface area contributed by atoms with E-state index in [2.05, 4.69) is 35.5 Å². The molecule has 0 radical (unpaired) electrons. The summed E-state index contributed by atoms with van der Waals surface area (Å²) in [6, 6.07) is 29.7. The number of benzene rings is 3. The number of rotatable bonds is 2. The van der Waals surface area contributed by atoms with Gasteiger partial charge in [0.15, 0.2) is 5.41 Å². The van der Waals surface area contributed by atoms with Gasteiger partial charge in [-0.1, -0.05) is 90.1 Å². The van der Waals surface area contributed by atoms with Gasteiger partial charge in [0.1, 0.15) is 10.5 Å². The topological polar surface area (TPSA) is 9.23 Å². The summed E-state index contributed by atoms with van der Waals surface area (Å²) in [5.74, 6) is 20.0. The first kappa shape index (κ1) is 21.2. The van der Waals surface area contributed by atoms with Crippen molar-refractivity contribution in [1.82, 2.24) is 0 Å². The van der Waals surface area contributed by atoms with E-state index in [4.69, 9.17) is 4.43 Å². The second-order valence-corrected chi connectivity index (χ2v) is 7.72. The van der Waals surface area contributed by atoms with Crippen LogP contribution in [-0.4, -0.2) is 16.1 Å². The van der Waals surface area contributed by atoms with Gasteiger partial charge in [0.25, 0.3) is 0 Å². The van der Waals surface area contributed by atoms with Crippen LogP contribution in [0.15, 0.2) is 91.0 Å². The lowest BCUT2D eigenvalue weighted by Crippen LogP contribution is -2.43. The van der Waals surface area contributed by atoms with E-state index in [1.807, 2.05) is 105 Å². The summed E-state index contributed by atoms with van der Waals surface area (Å²) in [4.78, 5) is 0. The van der Waals surface area contributed by atoms with E-state index in [1.54, 1.807) is 0 Å². The Morgan fingerprint density at radius 2 is 0.867 bits per heavy atom. The molecule has 3 rings (SSSR count). The van der Waals surface area contributed by atoms with Crippen molar-refractivity contribution in [2.75, 3.05) is 0 Å². The minimum Gasteiger partial charge on any atom is -0.419 e. The van der Waals surface area contributed by atoms with Crippen molar-refractivity contribution in [2.24, 2.45) is 5.41 Å². The fourth-order valence-electron chi connectivity index (χ4n) is 2.76. The zero-order valence-electron chi connectivity index (χ0n) is 17.6. The summed E-state index contributed by atoms with van der Waals surface area (Å²) in [6.07, 6.45) is 0. The van der Waals surface area contributed by atoms with Crippen molar-refractivity contribution >= 4 is 10.5 Å². The zero-order chi connectivity index (χ0) is 21.3. The van der Waals surface area contributed by atoms with E-state index in [0.29, 0.717) is 10.5 Å². The fourth-order valence-corrected chi connectivity index (χ4v) is 3.07. The SMILES string of the molecule is CC(C)(O[SiH3])C(C#Cc1ccccc1)(C#Cc1ccccc1)C#Cc1ccccc1. The molecule has 2 heteroatoms. The molecule has 0 aliphatic carbocycles. The van der Waals surface area contributed by atoms with Crippen LogP contribution in [0.2, 0.25) is 0 Å². The van der Waals surface area contributed by atoms with E-state index in [0.717, 1.165) is 16.7 Å². The molecule has 0 saturated heterocycles. The highest BCUT2D eigenvalue weighted by Crippen LogP contribution is 2.33. The van der Waals surface area contributed by atoms with Crippen LogP contribution in [0.4, 0.5) is 0 Å². The molecule has 0 saturated carbocycles. The van der Waals surface area contributed by atoms with Crippen LogP contribution in [0.5, 0.6) is 0 Å². The standard InChI is InChI=1S/C28H24OSi/c1-27(2,29-30)28(21-18-24-12-6-3-7-13-24,22-19-25-14-8-4-9-15-25)23-20-26-16-10-5-11-17-26/h3-17H,1-2,30H3. The average Bonchev–Trinajstić information content (AvgIpc) is 2.80. The van der Waals surface area contributed by atoms with Crippen molar-refractivity contribution in [2.45, 2.75) is 19.4 Å². The molecule has 1 nitrogen and oxygen atoms in total. The quantitative estimate of drug-likeness (QED) is 0.459. The smallest absolute Gasteiger partial charge is 0.179 e. The monoisotopic (exact) mass is 404 g/mol. The van der Waals surface area contributed by atoms with Crippen LogP contribution in [0.1, 0.15) is 30.5 Å². The second kappa shape index (κ2) is 9.82. The maximum absolute atomic E-state index is 6.00. The summed E-state index contributed by atoms with van der Waals surface area (Å²) in [6.45, 7) is 4.03. The summed E-state index contributed by atoms with van der Waals surface area (Å²) >= 11 is 0. The largest absolute Gasteiger partial charge is 0.419 e. The Bertz CT molecular complexity index is 1010. The van der Waals surface area contributed by atoms with E-state index in [1.165, 1.54) is 0 Å². The van der Waals surface area contributed by atoms with Crippen LogP contribution in [0, 0.1) is 40.9 Å². The van der Waals surface area contributed by atoms with E-state index in [9.17, 15) is 0 Å². The third-order valence-corrected chi connectivity index (χ3v) is 5.94. The molecule has 0 heterocycles. The van der Waals surface area contributed by atoms with Gasteiger partial charge in [-0.15, -0.1) is 0 Å². The van der Waals surface area contributed by atoms with Crippen molar-refractivity contribution in [3.8, 4) is 35.5 Å². The van der Waals surface area contributed by atoms with Gasteiger partial charge in [-0.2, -0.15) is 0 Å². The molecule has 0 atom stereocenters. The third-order valence-electron chi connectivity index (χ3n) is 4.92. The summed E-state index contributed by atoms with van der Waals surface area (Å²) in [5.41, 5.74) is 1.15. The Morgan fingerprint density at radius 3 is 1.13 bits per heavy atom. The number of hydrogen-bond acceptors (Lipinski definition) is 1. The van der Waals surface area contributed by atoms with E-state index >= 15 is 0 Å². The van der Waals surface area contributed by atoms with Crippen LogP contribution < -0.4 is 0 Å². The lowest BCUT2D eigenvalue weighted by molar-refractivity contribution is 0.0728. The molecule has 3 aromatic rings. The van der Waals surface area contributed by atoms with Crippen molar-refractivity contribution in [3.63, 3.8) is 0 Å². The molecule has 0 aliphatic heterocycles. The highest BCUT2D eigenvalue weighted by Gasteiger charge is 2.42. The maximum Gasteiger partial charge on any atom is 0.179 e. The first-order chi connectivity index (χ1) is 14.5. The lowest BCUT2D eigenvalue weighted by atomic mass is 9.74. The van der Waals surface area contributed by atoms with Gasteiger partial charge < -0.3 is 4.43 Å². The minimum atomic E-state index is -0.962. The normalized spacial score (nSPS) is 10.6. The average molecular weight is 405 g/mol. The number of hydrogen-bond donors (Lipinski definition) is 0. The first-order valence-corrected chi connectivity index (χ1v) is 10.7. The maximum atomic E-state index is 6.00. The molecule has 0 amide bonds. The van der Waals surface area contributed by atoms with Crippen LogP contribution >= 0.6 is 0 Å². The molecule has 0 spiro atoms. The van der Waals surface area contributed by atoms with Crippen molar-refractivity contribution in [1.29, 1.82) is 0 Å². The molecule has 0 N–H and O–H groups in total. The summed E-state index contributed by atoms with van der Waals surface area (Å²) in [7, 11) is 0.557. The second-order valence-electron chi connectivity index (χ2n) is 7.31. The molecule has 0 aromatic heterocycles. The molecular weight excluding hydrogens is 380 g/mol. The molecule has 0 unspecified atom stereocenters. The highest BCUT2D eigenvalue weighted by molar-refractivity contribution is 5.98. The Hall–Kier alpha value is -3.48. The summed E-state index contributed by atoms with van der Waals surface area (Å²) in [5, 5.41) is 0. The van der Waals surface area contributed by atoms with Gasteiger partial charge in [0.2, 0.25) is 0 Å². The van der Waals surface area contributed by atoms with Gasteiger partial charge in [-0.25, -0.2) is 0 Å². The first-order valence-electron chi connectivity index (χ1n) is 9.84. The lowest BCUT2D eigenvalue weighted by Gasteiger charge is -2.35. The van der Waals surface area contributed by atoms with Crippen LogP contribution in [0.3, 0.4) is 0 Å². The molecule has 146 valence electrons. The Balaban J connectivity index is 2.19. The highest BCUT2D eigenvalue weighted by atomic mass is 28.2. The zero-order valence-corrected chi connectivity index (χ0v) is 19.6. The Morgan fingerprint density at radius 1 is 0.567 bits per heavy atom. The molecule has 3 aromatic carbocycles. The van der Waals surface area contributed by atoms with Gasteiger partial charge in [0, 0.05) is 16.7 Å². The predicted molar refractivity (Wildman–Crippen MR) is 127 cm³/mol. The molecule has 0 fully saturated rings. The van der Waals surface area contributed by atoms with Gasteiger partial charge in [-0.3, -0.25) is 0 Å². The predicted octanol–water partition coefficient (Wildman–Crippen LogP) is 4.20. The Kier molecular flexibility index (Phi) is 6.95. The summed E-state index contributed by atoms with van der Waals surface area (Å²) < 4.78 is 6.00. The molecule has 30 heavy (non-hydrogen) atoms. The molecule has 0 aliphatic rings. The van der Waals surface area contributed by atoms with Crippen LogP contribution in [0.25, 0.3) is 0 Å². The molecule has 0 bridgehead atoms. The van der Waals surface area contributed by atoms with Crippen LogP contribution in [-0.2, 0) is 4.43 Å². The Labute approximate surface area is 183 Å². The van der Waals surface area contributed by atoms with Gasteiger partial charge >= 0.3 is 0 Å². The van der Waals surface area contributed by atoms with E-state index in [-0.39, 0.29) is 0 Å². The van der Waals surface area contributed by atoms with Crippen molar-refractivity contribution < 1.29 is 4.43 Å². The third kappa shape index (κ3) is 5.31. The van der Waals surface area contributed by atoms with E-state index < -0.39 is 11.0 Å². The van der Waals surface area contributed by atoms with Gasteiger partial charge in [0.05, 0.1) is 5.60 Å².